The number of hydrogen-bond acceptors (Lipinski definition) is 6. The largest absolute Gasteiger partial charge is 0.480 e. The Morgan fingerprint density at radius 1 is 1.04 bits per heavy atom. The Kier molecular flexibility index (Phi) is 9.69. The first-order valence-electron chi connectivity index (χ1n) is 8.05. The van der Waals surface area contributed by atoms with Gasteiger partial charge in [0.05, 0.1) is 12.6 Å². The number of aliphatic hydroxyl groups excluding tert-OH is 1. The molecule has 0 bridgehead atoms. The number of aliphatic hydroxyl groups is 1. The van der Waals surface area contributed by atoms with E-state index < -0.39 is 54.5 Å². The van der Waals surface area contributed by atoms with Crippen LogP contribution in [0.15, 0.2) is 0 Å². The number of nitrogens with one attached hydrogen (secondary N) is 3. The third-order valence-corrected chi connectivity index (χ3v) is 3.79. The molecule has 3 amide bonds. The van der Waals surface area contributed by atoms with E-state index in [0.717, 1.165) is 0 Å². The fraction of sp³-hybridized carbons (Fsp3) is 0.733. The molecule has 5 unspecified atom stereocenters. The predicted octanol–water partition coefficient (Wildman–Crippen LogP) is -2.07. The second-order valence-corrected chi connectivity index (χ2v) is 5.98. The molecule has 0 fully saturated rings. The van der Waals surface area contributed by atoms with Crippen molar-refractivity contribution in [2.24, 2.45) is 11.7 Å². The van der Waals surface area contributed by atoms with E-state index >= 15 is 0 Å². The summed E-state index contributed by atoms with van der Waals surface area (Å²) in [5.74, 6) is -3.42. The fourth-order valence-corrected chi connectivity index (χ4v) is 1.82. The number of nitrogens with two attached hydrogens (primary N) is 1. The van der Waals surface area contributed by atoms with Crippen LogP contribution in [0.2, 0.25) is 0 Å². The zero-order chi connectivity index (χ0) is 19.7. The van der Waals surface area contributed by atoms with Crippen LogP contribution in [0.25, 0.3) is 0 Å². The van der Waals surface area contributed by atoms with E-state index in [2.05, 4.69) is 16.0 Å². The summed E-state index contributed by atoms with van der Waals surface area (Å²) in [6, 6.07) is -3.21. The monoisotopic (exact) mass is 360 g/mol. The molecular weight excluding hydrogens is 332 g/mol. The molecule has 0 aliphatic heterocycles. The zero-order valence-electron chi connectivity index (χ0n) is 14.9. The summed E-state index contributed by atoms with van der Waals surface area (Å²) in [5.41, 5.74) is 5.41. The van der Waals surface area contributed by atoms with Gasteiger partial charge in [-0.3, -0.25) is 14.4 Å². The van der Waals surface area contributed by atoms with Crippen molar-refractivity contribution in [3.8, 4) is 0 Å². The van der Waals surface area contributed by atoms with Crippen LogP contribution < -0.4 is 21.7 Å². The number of carbonyl (C=O) groups excluding carboxylic acids is 3. The van der Waals surface area contributed by atoms with Gasteiger partial charge in [0.25, 0.3) is 0 Å². The molecule has 0 aliphatic rings. The normalized spacial score (nSPS) is 16.7. The summed E-state index contributed by atoms with van der Waals surface area (Å²) in [4.78, 5) is 46.5. The molecule has 0 aliphatic carbocycles. The van der Waals surface area contributed by atoms with E-state index in [1.54, 1.807) is 13.8 Å². The standard InChI is InChI=1S/C15H28N4O6/c1-5-7(2)12(15(24)25)19-13(22)8(3)18-10(21)6-17-14(23)11(16)9(4)20/h7-9,11-12,20H,5-6,16H2,1-4H3,(H,17,23)(H,18,21)(H,19,22)(H,24,25). The second kappa shape index (κ2) is 10.6. The van der Waals surface area contributed by atoms with Crippen LogP contribution in [0, 0.1) is 5.92 Å². The highest BCUT2D eigenvalue weighted by Crippen LogP contribution is 2.08. The van der Waals surface area contributed by atoms with E-state index in [1.165, 1.54) is 13.8 Å². The predicted molar refractivity (Wildman–Crippen MR) is 89.3 cm³/mol. The Balaban J connectivity index is 4.49. The van der Waals surface area contributed by atoms with Gasteiger partial charge in [-0.1, -0.05) is 20.3 Å². The maximum atomic E-state index is 12.0. The molecule has 25 heavy (non-hydrogen) atoms. The Bertz CT molecular complexity index is 496. The van der Waals surface area contributed by atoms with Crippen LogP contribution in [0.4, 0.5) is 0 Å². The third kappa shape index (κ3) is 7.94. The van der Waals surface area contributed by atoms with Crippen molar-refractivity contribution in [3.63, 3.8) is 0 Å². The molecule has 0 aromatic rings. The van der Waals surface area contributed by atoms with Crippen LogP contribution in [-0.4, -0.2) is 64.7 Å². The maximum Gasteiger partial charge on any atom is 0.326 e. The quantitative estimate of drug-likeness (QED) is 0.260. The summed E-state index contributed by atoms with van der Waals surface area (Å²) in [5, 5.41) is 25.3. The Hall–Kier alpha value is -2.20. The van der Waals surface area contributed by atoms with Gasteiger partial charge in [0, 0.05) is 0 Å². The van der Waals surface area contributed by atoms with Gasteiger partial charge in [-0.15, -0.1) is 0 Å². The molecular formula is C15H28N4O6. The van der Waals surface area contributed by atoms with Crippen molar-refractivity contribution in [2.75, 3.05) is 6.54 Å². The minimum atomic E-state index is -1.17. The van der Waals surface area contributed by atoms with Crippen molar-refractivity contribution in [1.29, 1.82) is 0 Å². The molecule has 0 spiro atoms. The summed E-state index contributed by atoms with van der Waals surface area (Å²) in [6.45, 7) is 5.81. The van der Waals surface area contributed by atoms with Crippen LogP contribution in [0.5, 0.6) is 0 Å². The number of carbonyl (C=O) groups is 4. The summed E-state index contributed by atoms with van der Waals surface area (Å²) in [6.07, 6.45) is -0.505. The first-order valence-corrected chi connectivity index (χ1v) is 8.05. The molecule has 0 aromatic carbocycles. The van der Waals surface area contributed by atoms with Crippen molar-refractivity contribution < 1.29 is 29.4 Å². The van der Waals surface area contributed by atoms with Gasteiger partial charge in [-0.05, 0) is 19.8 Å². The van der Waals surface area contributed by atoms with Gasteiger partial charge < -0.3 is 31.9 Å². The van der Waals surface area contributed by atoms with E-state index in [9.17, 15) is 24.3 Å². The molecule has 7 N–H and O–H groups in total. The molecule has 5 atom stereocenters. The summed E-state index contributed by atoms with van der Waals surface area (Å²) in [7, 11) is 0. The molecule has 10 heteroatoms. The lowest BCUT2D eigenvalue weighted by atomic mass is 9.99. The zero-order valence-corrected chi connectivity index (χ0v) is 14.9. The average Bonchev–Trinajstić information content (AvgIpc) is 2.55. The van der Waals surface area contributed by atoms with Gasteiger partial charge in [0.1, 0.15) is 18.1 Å². The van der Waals surface area contributed by atoms with Gasteiger partial charge in [-0.2, -0.15) is 0 Å². The number of carboxylic acids is 1. The van der Waals surface area contributed by atoms with Crippen LogP contribution >= 0.6 is 0 Å². The number of amides is 3. The maximum absolute atomic E-state index is 12.0. The molecule has 0 radical (unpaired) electrons. The van der Waals surface area contributed by atoms with Crippen LogP contribution in [0.3, 0.4) is 0 Å². The Morgan fingerprint density at radius 3 is 2.04 bits per heavy atom. The number of aliphatic carboxylic acids is 1. The number of carboxylic acid groups (broad SMARTS) is 1. The van der Waals surface area contributed by atoms with Gasteiger partial charge in [0.2, 0.25) is 17.7 Å². The topological polar surface area (TPSA) is 171 Å². The smallest absolute Gasteiger partial charge is 0.326 e. The molecule has 0 saturated heterocycles. The van der Waals surface area contributed by atoms with Crippen molar-refractivity contribution in [3.05, 3.63) is 0 Å². The van der Waals surface area contributed by atoms with Crippen molar-refractivity contribution in [1.82, 2.24) is 16.0 Å². The van der Waals surface area contributed by atoms with Crippen LogP contribution in [-0.2, 0) is 19.2 Å². The van der Waals surface area contributed by atoms with E-state index in [4.69, 9.17) is 10.8 Å². The van der Waals surface area contributed by atoms with Gasteiger partial charge >= 0.3 is 5.97 Å². The highest BCUT2D eigenvalue weighted by atomic mass is 16.4. The second-order valence-electron chi connectivity index (χ2n) is 5.98. The minimum absolute atomic E-state index is 0.273. The Morgan fingerprint density at radius 2 is 1.60 bits per heavy atom. The third-order valence-electron chi connectivity index (χ3n) is 3.79. The lowest BCUT2D eigenvalue weighted by molar-refractivity contribution is -0.143. The average molecular weight is 360 g/mol. The molecule has 0 rings (SSSR count). The number of hydrogen-bond donors (Lipinski definition) is 6. The fourth-order valence-electron chi connectivity index (χ4n) is 1.82. The first-order chi connectivity index (χ1) is 11.5. The van der Waals surface area contributed by atoms with E-state index in [1.807, 2.05) is 0 Å². The van der Waals surface area contributed by atoms with Crippen molar-refractivity contribution >= 4 is 23.7 Å². The van der Waals surface area contributed by atoms with Gasteiger partial charge in [0.15, 0.2) is 0 Å². The molecule has 10 nitrogen and oxygen atoms in total. The minimum Gasteiger partial charge on any atom is -0.480 e. The molecule has 0 aromatic heterocycles. The lowest BCUT2D eigenvalue weighted by Gasteiger charge is -2.22. The molecule has 0 heterocycles. The highest BCUT2D eigenvalue weighted by Gasteiger charge is 2.28. The Labute approximate surface area is 146 Å². The summed E-state index contributed by atoms with van der Waals surface area (Å²) < 4.78 is 0. The van der Waals surface area contributed by atoms with Crippen LogP contribution in [0.1, 0.15) is 34.1 Å². The lowest BCUT2D eigenvalue weighted by Crippen LogP contribution is -2.54. The van der Waals surface area contributed by atoms with Gasteiger partial charge in [-0.25, -0.2) is 4.79 Å². The number of rotatable bonds is 10. The van der Waals surface area contributed by atoms with Crippen molar-refractivity contribution in [2.45, 2.75) is 58.3 Å². The molecule has 0 saturated carbocycles. The summed E-state index contributed by atoms with van der Waals surface area (Å²) >= 11 is 0. The SMILES string of the molecule is CCC(C)C(NC(=O)C(C)NC(=O)CNC(=O)C(N)C(C)O)C(=O)O. The van der Waals surface area contributed by atoms with E-state index in [0.29, 0.717) is 6.42 Å². The highest BCUT2D eigenvalue weighted by molar-refractivity contribution is 5.92. The molecule has 144 valence electrons. The first kappa shape index (κ1) is 22.8. The van der Waals surface area contributed by atoms with E-state index in [-0.39, 0.29) is 5.92 Å².